The van der Waals surface area contributed by atoms with Crippen molar-refractivity contribution in [3.8, 4) is 33.8 Å². The number of nitrogens with two attached hydrogens (primary N) is 1. The first-order valence-corrected chi connectivity index (χ1v) is 21.8. The van der Waals surface area contributed by atoms with Gasteiger partial charge in [-0.15, -0.1) is 0 Å². The molecule has 5 atom stereocenters. The first-order chi connectivity index (χ1) is 30.1. The Morgan fingerprint density at radius 2 is 1.51 bits per heavy atom. The summed E-state index contributed by atoms with van der Waals surface area (Å²) in [5.41, 5.74) is 9.92. The fraction of sp³-hybridized carbons (Fsp3) is 0.333. The summed E-state index contributed by atoms with van der Waals surface area (Å²) in [5, 5.41) is 25.8. The standard InChI is InChI=1S/C51H54ClN3O8/c1-30(49(61)36-8-4-5-9-36)24-46(59)42-27-32-11-21-43(56)40(26-32)41-28-37(18-22-44(41)57)48(47(60)25-31(2)50(62)54-42)55(3)51(63)38(10-6-7-23-53)29-45(58)35-14-12-33(13-15-35)34-16-19-39(52)20-17-34/h4-5,8,11-22,26,28,30-31,38,42,48,56-57H,6-7,9-10,23-25,27,29,53H2,1-3H3,(H,54,62)/t30-,31-,38-,42+,48+/m1/s1. The lowest BCUT2D eigenvalue weighted by atomic mass is 9.87. The Morgan fingerprint density at radius 3 is 2.16 bits per heavy atom. The van der Waals surface area contributed by atoms with Crippen LogP contribution in [0.4, 0.5) is 0 Å². The van der Waals surface area contributed by atoms with Crippen molar-refractivity contribution in [2.45, 2.75) is 77.3 Å². The molecule has 0 spiro atoms. The molecule has 0 unspecified atom stereocenters. The van der Waals surface area contributed by atoms with Crippen LogP contribution in [-0.2, 0) is 30.4 Å². The van der Waals surface area contributed by atoms with Crippen LogP contribution in [0.15, 0.2) is 109 Å². The van der Waals surface area contributed by atoms with Crippen LogP contribution >= 0.6 is 11.6 Å². The monoisotopic (exact) mass is 871 g/mol. The second-order valence-corrected chi connectivity index (χ2v) is 17.2. The lowest BCUT2D eigenvalue weighted by Gasteiger charge is -2.32. The molecule has 1 aliphatic carbocycles. The number of Topliss-reactive ketones (excluding diaryl/α,β-unsaturated/α-hetero) is 4. The fourth-order valence-corrected chi connectivity index (χ4v) is 8.50. The predicted molar refractivity (Wildman–Crippen MR) is 243 cm³/mol. The minimum Gasteiger partial charge on any atom is -0.507 e. The second-order valence-electron chi connectivity index (χ2n) is 16.8. The van der Waals surface area contributed by atoms with E-state index in [0.29, 0.717) is 59.5 Å². The van der Waals surface area contributed by atoms with Gasteiger partial charge < -0.3 is 26.2 Å². The molecule has 2 amide bonds. The van der Waals surface area contributed by atoms with Crippen LogP contribution in [0.3, 0.4) is 0 Å². The van der Waals surface area contributed by atoms with Gasteiger partial charge in [0.15, 0.2) is 23.1 Å². The van der Waals surface area contributed by atoms with Crippen LogP contribution in [-0.4, -0.2) is 69.7 Å². The van der Waals surface area contributed by atoms with E-state index in [1.165, 1.54) is 36.2 Å². The summed E-state index contributed by atoms with van der Waals surface area (Å²) < 4.78 is 0. The zero-order valence-corrected chi connectivity index (χ0v) is 36.6. The lowest BCUT2D eigenvalue weighted by Crippen LogP contribution is -2.46. The molecule has 4 aromatic rings. The van der Waals surface area contributed by atoms with E-state index in [0.717, 1.165) is 11.1 Å². The average Bonchev–Trinajstić information content (AvgIpc) is 3.82. The maximum atomic E-state index is 14.7. The number of carbonyl (C=O) groups is 6. The Kier molecular flexibility index (Phi) is 15.3. The average molecular weight is 872 g/mol. The van der Waals surface area contributed by atoms with Gasteiger partial charge in [0, 0.05) is 65.8 Å². The fourth-order valence-electron chi connectivity index (χ4n) is 8.37. The number of hydrogen-bond acceptors (Lipinski definition) is 9. The quantitative estimate of drug-likeness (QED) is 0.0674. The van der Waals surface area contributed by atoms with Gasteiger partial charge in [-0.2, -0.15) is 0 Å². The van der Waals surface area contributed by atoms with Crippen LogP contribution in [0.25, 0.3) is 22.3 Å². The van der Waals surface area contributed by atoms with E-state index in [4.69, 9.17) is 17.3 Å². The number of carbonyl (C=O) groups excluding carboxylic acids is 6. The summed E-state index contributed by atoms with van der Waals surface area (Å²) in [7, 11) is 1.49. The second kappa shape index (κ2) is 20.8. The number of nitrogens with zero attached hydrogens (tertiary/aromatic N) is 1. The summed E-state index contributed by atoms with van der Waals surface area (Å²) in [6.07, 6.45) is 6.79. The Balaban J connectivity index is 1.31. The SMILES string of the molecule is C[C@@H]1CC(=O)[C@@H](N(C)C(=O)[C@H](CCCCN)CC(=O)c2ccc(-c3ccc(Cl)cc3)cc2)c2ccc(O)c(c2)-c2cc(ccc2O)C[C@@H](C(=O)C[C@@H](C)C(=O)C2=CC=CC2)NC1=O. The highest BCUT2D eigenvalue weighted by Crippen LogP contribution is 2.40. The largest absolute Gasteiger partial charge is 0.507 e. The molecule has 1 aliphatic heterocycles. The molecule has 0 saturated carbocycles. The molecule has 6 rings (SSSR count). The van der Waals surface area contributed by atoms with Crippen LogP contribution < -0.4 is 11.1 Å². The number of benzene rings is 4. The normalized spacial score (nSPS) is 18.4. The van der Waals surface area contributed by atoms with E-state index >= 15 is 0 Å². The van der Waals surface area contributed by atoms with Crippen molar-refractivity contribution < 1.29 is 39.0 Å². The number of likely N-dealkylation sites (N-methyl/N-ethyl adjacent to an activating group) is 1. The van der Waals surface area contributed by atoms with E-state index in [1.807, 2.05) is 30.3 Å². The maximum absolute atomic E-state index is 14.7. The molecule has 0 saturated heterocycles. The number of halogens is 1. The number of phenols is 2. The number of hydrogen-bond donors (Lipinski definition) is 4. The van der Waals surface area contributed by atoms with Gasteiger partial charge in [0.05, 0.1) is 6.04 Å². The van der Waals surface area contributed by atoms with Crippen LogP contribution in [0, 0.1) is 17.8 Å². The molecule has 4 bridgehead atoms. The van der Waals surface area contributed by atoms with Crippen molar-refractivity contribution in [2.75, 3.05) is 13.6 Å². The lowest BCUT2D eigenvalue weighted by molar-refractivity contribution is -0.142. The van der Waals surface area contributed by atoms with Gasteiger partial charge >= 0.3 is 0 Å². The molecule has 5 N–H and O–H groups in total. The van der Waals surface area contributed by atoms with Gasteiger partial charge in [-0.05, 0) is 96.5 Å². The molecule has 12 heteroatoms. The zero-order valence-electron chi connectivity index (χ0n) is 35.8. The molecule has 4 aromatic carbocycles. The molecule has 328 valence electrons. The van der Waals surface area contributed by atoms with E-state index < -0.39 is 47.4 Å². The van der Waals surface area contributed by atoms with E-state index in [9.17, 15) is 39.0 Å². The summed E-state index contributed by atoms with van der Waals surface area (Å²) in [5.74, 6) is -5.12. The number of amides is 2. The molecule has 0 radical (unpaired) electrons. The number of allylic oxidation sites excluding steroid dienone is 4. The molecule has 0 aromatic heterocycles. The van der Waals surface area contributed by atoms with Crippen LogP contribution in [0.1, 0.15) is 86.3 Å². The Bertz CT molecular complexity index is 2440. The molecule has 63 heavy (non-hydrogen) atoms. The number of fused-ring (bicyclic) bond motifs is 5. The Morgan fingerprint density at radius 1 is 0.857 bits per heavy atom. The van der Waals surface area contributed by atoms with Gasteiger partial charge in [0.2, 0.25) is 11.8 Å². The minimum atomic E-state index is -1.27. The summed E-state index contributed by atoms with van der Waals surface area (Å²) in [4.78, 5) is 85.4. The first-order valence-electron chi connectivity index (χ1n) is 21.4. The third kappa shape index (κ3) is 11.3. The minimum absolute atomic E-state index is 0.0146. The summed E-state index contributed by atoms with van der Waals surface area (Å²) in [6, 6.07) is 21.2. The number of nitrogens with one attached hydrogen (secondary N) is 1. The Labute approximate surface area is 373 Å². The number of phenolic OH excluding ortho intramolecular Hbond substituents is 2. The molecule has 11 nitrogen and oxygen atoms in total. The number of aromatic hydroxyl groups is 2. The molecular formula is C51H54ClN3O8. The highest BCUT2D eigenvalue weighted by molar-refractivity contribution is 6.30. The smallest absolute Gasteiger partial charge is 0.226 e. The maximum Gasteiger partial charge on any atom is 0.226 e. The van der Waals surface area contributed by atoms with Crippen molar-refractivity contribution >= 4 is 46.5 Å². The van der Waals surface area contributed by atoms with Crippen LogP contribution in [0.5, 0.6) is 11.5 Å². The summed E-state index contributed by atoms with van der Waals surface area (Å²) >= 11 is 6.06. The first kappa shape index (κ1) is 46.3. The van der Waals surface area contributed by atoms with E-state index in [2.05, 4.69) is 5.32 Å². The highest BCUT2D eigenvalue weighted by Gasteiger charge is 2.36. The molecule has 1 heterocycles. The van der Waals surface area contributed by atoms with Crippen molar-refractivity contribution in [1.29, 1.82) is 0 Å². The van der Waals surface area contributed by atoms with Gasteiger partial charge in [-0.25, -0.2) is 0 Å². The topological polar surface area (TPSA) is 184 Å². The van der Waals surface area contributed by atoms with Gasteiger partial charge in [0.25, 0.3) is 0 Å². The number of rotatable bonds is 15. The van der Waals surface area contributed by atoms with Gasteiger partial charge in [0.1, 0.15) is 17.5 Å². The third-order valence-electron chi connectivity index (χ3n) is 12.0. The Hall–Kier alpha value is -6.17. The van der Waals surface area contributed by atoms with Crippen LogP contribution in [0.2, 0.25) is 5.02 Å². The van der Waals surface area contributed by atoms with Crippen molar-refractivity contribution in [3.05, 3.63) is 130 Å². The van der Waals surface area contributed by atoms with Crippen molar-refractivity contribution in [2.24, 2.45) is 23.5 Å². The van der Waals surface area contributed by atoms with E-state index in [1.54, 1.807) is 62.4 Å². The number of ketones is 4. The molecular weight excluding hydrogens is 818 g/mol. The molecule has 0 fully saturated rings. The van der Waals surface area contributed by atoms with Crippen molar-refractivity contribution in [3.63, 3.8) is 0 Å². The predicted octanol–water partition coefficient (Wildman–Crippen LogP) is 8.29. The van der Waals surface area contributed by atoms with Gasteiger partial charge in [-0.1, -0.05) is 98.6 Å². The highest BCUT2D eigenvalue weighted by atomic mass is 35.5. The zero-order chi connectivity index (χ0) is 45.4. The summed E-state index contributed by atoms with van der Waals surface area (Å²) in [6.45, 7) is 3.64. The third-order valence-corrected chi connectivity index (χ3v) is 12.3. The van der Waals surface area contributed by atoms with Gasteiger partial charge in [-0.3, -0.25) is 28.8 Å². The number of unbranched alkanes of at least 4 members (excludes halogenated alkanes) is 1. The molecule has 2 aliphatic rings. The van der Waals surface area contributed by atoms with Crippen molar-refractivity contribution in [1.82, 2.24) is 10.2 Å². The van der Waals surface area contributed by atoms with E-state index in [-0.39, 0.29) is 65.7 Å².